The fourth-order valence-corrected chi connectivity index (χ4v) is 2.05. The smallest absolute Gasteiger partial charge is 0.234 e. The summed E-state index contributed by atoms with van der Waals surface area (Å²) in [5, 5.41) is 0. The lowest BCUT2D eigenvalue weighted by atomic mass is 10.1. The summed E-state index contributed by atoms with van der Waals surface area (Å²) in [4.78, 5) is 8.50. The summed E-state index contributed by atoms with van der Waals surface area (Å²) in [6.07, 6.45) is 6.48. The minimum absolute atomic E-state index is 0.679. The van der Waals surface area contributed by atoms with Crippen LogP contribution < -0.4 is 5.73 Å². The largest absolute Gasteiger partial charge is 0.330 e. The van der Waals surface area contributed by atoms with Crippen LogP contribution in [0.2, 0.25) is 0 Å². The highest BCUT2D eigenvalue weighted by Crippen LogP contribution is 2.20. The Hall–Kier alpha value is -2.20. The van der Waals surface area contributed by atoms with Crippen LogP contribution in [0.5, 0.6) is 0 Å². The Morgan fingerprint density at radius 3 is 2.72 bits per heavy atom. The third kappa shape index (κ3) is 1.87. The maximum atomic E-state index is 5.55. The lowest BCUT2D eigenvalue weighted by Gasteiger charge is -2.03. The van der Waals surface area contributed by atoms with Gasteiger partial charge in [0.15, 0.2) is 0 Å². The fourth-order valence-electron chi connectivity index (χ4n) is 2.05. The lowest BCUT2D eigenvalue weighted by Crippen LogP contribution is -2.02. The van der Waals surface area contributed by atoms with E-state index in [-0.39, 0.29) is 0 Å². The molecule has 0 amide bonds. The molecule has 1 aromatic carbocycles. The first-order chi connectivity index (χ1) is 8.88. The highest BCUT2D eigenvalue weighted by molar-refractivity contribution is 5.62. The fraction of sp³-hybridized carbons (Fsp3) is 0.143. The number of aromatic nitrogens is 3. The van der Waals surface area contributed by atoms with Gasteiger partial charge < -0.3 is 5.73 Å². The Bertz CT molecular complexity index is 655. The van der Waals surface area contributed by atoms with Crippen molar-refractivity contribution in [2.24, 2.45) is 5.73 Å². The Morgan fingerprint density at radius 2 is 1.94 bits per heavy atom. The monoisotopic (exact) mass is 238 g/mol. The Morgan fingerprint density at radius 1 is 1.11 bits per heavy atom. The molecular weight excluding hydrogens is 224 g/mol. The van der Waals surface area contributed by atoms with Gasteiger partial charge in [0.1, 0.15) is 0 Å². The van der Waals surface area contributed by atoms with Gasteiger partial charge in [-0.2, -0.15) is 0 Å². The van der Waals surface area contributed by atoms with Crippen molar-refractivity contribution in [1.82, 2.24) is 14.4 Å². The second kappa shape index (κ2) is 4.58. The Kier molecular flexibility index (Phi) is 2.78. The molecule has 0 aliphatic carbocycles. The summed E-state index contributed by atoms with van der Waals surface area (Å²) in [5.74, 6) is 0.721. The van der Waals surface area contributed by atoms with Gasteiger partial charge in [0.2, 0.25) is 5.78 Å². The second-order valence-electron chi connectivity index (χ2n) is 4.17. The summed E-state index contributed by atoms with van der Waals surface area (Å²) in [6.45, 7) is 0.679. The molecule has 90 valence electrons. The average Bonchev–Trinajstić information content (AvgIpc) is 2.84. The maximum Gasteiger partial charge on any atom is 0.234 e. The lowest BCUT2D eigenvalue weighted by molar-refractivity contribution is 0.969. The van der Waals surface area contributed by atoms with E-state index in [0.29, 0.717) is 6.54 Å². The highest BCUT2D eigenvalue weighted by Gasteiger charge is 2.05. The molecule has 0 saturated heterocycles. The molecule has 18 heavy (non-hydrogen) atoms. The van der Waals surface area contributed by atoms with Crippen molar-refractivity contribution < 1.29 is 0 Å². The third-order valence-corrected chi connectivity index (χ3v) is 2.97. The zero-order chi connectivity index (χ0) is 12.4. The highest BCUT2D eigenvalue weighted by atomic mass is 15.1. The van der Waals surface area contributed by atoms with E-state index in [1.54, 1.807) is 6.20 Å². The van der Waals surface area contributed by atoms with Crippen LogP contribution in [-0.2, 0) is 6.42 Å². The van der Waals surface area contributed by atoms with Gasteiger partial charge in [-0.05, 0) is 24.6 Å². The zero-order valence-corrected chi connectivity index (χ0v) is 9.95. The van der Waals surface area contributed by atoms with Crippen molar-refractivity contribution in [3.63, 3.8) is 0 Å². The maximum absolute atomic E-state index is 5.55. The summed E-state index contributed by atoms with van der Waals surface area (Å²) >= 11 is 0. The van der Waals surface area contributed by atoms with Crippen LogP contribution in [-0.4, -0.2) is 20.9 Å². The van der Waals surface area contributed by atoms with E-state index < -0.39 is 0 Å². The number of rotatable bonds is 3. The van der Waals surface area contributed by atoms with E-state index >= 15 is 0 Å². The number of hydrogen-bond acceptors (Lipinski definition) is 3. The van der Waals surface area contributed by atoms with Crippen molar-refractivity contribution in [1.29, 1.82) is 0 Å². The minimum Gasteiger partial charge on any atom is -0.330 e. The number of imidazole rings is 1. The Labute approximate surface area is 105 Å². The van der Waals surface area contributed by atoms with Crippen molar-refractivity contribution in [3.8, 4) is 11.3 Å². The first-order valence-corrected chi connectivity index (χ1v) is 5.96. The van der Waals surface area contributed by atoms with E-state index in [9.17, 15) is 0 Å². The number of nitrogens with two attached hydrogens (primary N) is 1. The van der Waals surface area contributed by atoms with Gasteiger partial charge in [-0.15, -0.1) is 0 Å². The molecule has 0 aliphatic heterocycles. The number of nitrogens with zero attached hydrogens (tertiary/aromatic N) is 3. The van der Waals surface area contributed by atoms with E-state index in [4.69, 9.17) is 5.73 Å². The summed E-state index contributed by atoms with van der Waals surface area (Å²) < 4.78 is 1.98. The van der Waals surface area contributed by atoms with E-state index in [2.05, 4.69) is 34.2 Å². The van der Waals surface area contributed by atoms with Crippen molar-refractivity contribution >= 4 is 5.78 Å². The molecule has 0 spiro atoms. The summed E-state index contributed by atoms with van der Waals surface area (Å²) in [6, 6.07) is 10.3. The van der Waals surface area contributed by atoms with Gasteiger partial charge in [-0.25, -0.2) is 9.97 Å². The van der Waals surface area contributed by atoms with Crippen molar-refractivity contribution in [3.05, 3.63) is 54.5 Å². The van der Waals surface area contributed by atoms with Crippen molar-refractivity contribution in [2.75, 3.05) is 6.54 Å². The third-order valence-electron chi connectivity index (χ3n) is 2.97. The van der Waals surface area contributed by atoms with Crippen LogP contribution >= 0.6 is 0 Å². The molecular formula is C14H14N4. The second-order valence-corrected chi connectivity index (χ2v) is 4.17. The molecule has 0 atom stereocenters. The molecule has 0 aliphatic rings. The quantitative estimate of drug-likeness (QED) is 0.758. The number of benzene rings is 1. The molecule has 0 radical (unpaired) electrons. The van der Waals surface area contributed by atoms with Crippen molar-refractivity contribution in [2.45, 2.75) is 6.42 Å². The summed E-state index contributed by atoms with van der Waals surface area (Å²) in [7, 11) is 0. The molecule has 2 N–H and O–H groups in total. The van der Waals surface area contributed by atoms with E-state index in [0.717, 1.165) is 23.5 Å². The molecule has 0 fully saturated rings. The van der Waals surface area contributed by atoms with E-state index in [1.807, 2.05) is 22.9 Å². The predicted octanol–water partition coefficient (Wildman–Crippen LogP) is 1.90. The molecule has 3 rings (SSSR count). The average molecular weight is 238 g/mol. The molecule has 3 aromatic rings. The molecule has 2 aromatic heterocycles. The molecule has 4 heteroatoms. The molecule has 0 unspecified atom stereocenters. The van der Waals surface area contributed by atoms with Gasteiger partial charge in [-0.3, -0.25) is 4.40 Å². The van der Waals surface area contributed by atoms with Crippen LogP contribution in [0.15, 0.2) is 48.9 Å². The van der Waals surface area contributed by atoms with E-state index in [1.165, 1.54) is 5.56 Å². The summed E-state index contributed by atoms with van der Waals surface area (Å²) in [5.41, 5.74) is 8.99. The molecule has 0 bridgehead atoms. The van der Waals surface area contributed by atoms with Crippen LogP contribution in [0, 0.1) is 0 Å². The predicted molar refractivity (Wildman–Crippen MR) is 71.2 cm³/mol. The standard InChI is InChI=1S/C14H14N4/c15-7-6-11-2-4-12(5-3-11)13-10-17-14-16-8-1-9-18(13)14/h1-5,8-10H,6-7,15H2. The Balaban J connectivity index is 2.03. The first-order valence-electron chi connectivity index (χ1n) is 5.96. The van der Waals surface area contributed by atoms with Gasteiger partial charge in [-0.1, -0.05) is 24.3 Å². The van der Waals surface area contributed by atoms with Crippen LogP contribution in [0.4, 0.5) is 0 Å². The van der Waals surface area contributed by atoms with Gasteiger partial charge in [0.25, 0.3) is 0 Å². The molecule has 0 saturated carbocycles. The van der Waals surface area contributed by atoms with Gasteiger partial charge in [0, 0.05) is 18.0 Å². The minimum atomic E-state index is 0.679. The molecule has 4 nitrogen and oxygen atoms in total. The number of fused-ring (bicyclic) bond motifs is 1. The normalized spacial score (nSPS) is 10.9. The topological polar surface area (TPSA) is 56.2 Å². The van der Waals surface area contributed by atoms with Crippen LogP contribution in [0.3, 0.4) is 0 Å². The molecule has 2 heterocycles. The SMILES string of the molecule is NCCc1ccc(-c2cnc3ncccn23)cc1. The number of hydrogen-bond donors (Lipinski definition) is 1. The first kappa shape index (κ1) is 10.9. The van der Waals surface area contributed by atoms with Gasteiger partial charge >= 0.3 is 0 Å². The van der Waals surface area contributed by atoms with Gasteiger partial charge in [0.05, 0.1) is 11.9 Å². The van der Waals surface area contributed by atoms with Crippen LogP contribution in [0.25, 0.3) is 17.0 Å². The zero-order valence-electron chi connectivity index (χ0n) is 9.95. The van der Waals surface area contributed by atoms with Crippen LogP contribution in [0.1, 0.15) is 5.56 Å².